The van der Waals surface area contributed by atoms with E-state index in [1.165, 1.54) is 6.20 Å². The maximum atomic E-state index is 10.9. The fraction of sp³-hybridized carbons (Fsp3) is 0.462. The van der Waals surface area contributed by atoms with Gasteiger partial charge in [0.05, 0.1) is 0 Å². The van der Waals surface area contributed by atoms with Crippen LogP contribution in [-0.2, 0) is 6.54 Å². The minimum Gasteiger partial charge on any atom is -0.477 e. The number of likely N-dealkylation sites (tertiary alicyclic amines) is 1. The largest absolute Gasteiger partial charge is 0.477 e. The molecule has 5 nitrogen and oxygen atoms in total. The number of nitrogens with zero attached hydrogens (tertiary/aromatic N) is 3. The lowest BCUT2D eigenvalue weighted by Gasteiger charge is -2.31. The fourth-order valence-corrected chi connectivity index (χ4v) is 2.42. The molecule has 19 heavy (non-hydrogen) atoms. The predicted molar refractivity (Wildman–Crippen MR) is 70.8 cm³/mol. The van der Waals surface area contributed by atoms with Crippen LogP contribution >= 0.6 is 0 Å². The first kappa shape index (κ1) is 13.6. The van der Waals surface area contributed by atoms with E-state index in [1.807, 2.05) is 6.07 Å². The maximum Gasteiger partial charge on any atom is 0.354 e. The van der Waals surface area contributed by atoms with E-state index in [4.69, 9.17) is 10.4 Å². The maximum absolute atomic E-state index is 10.9. The van der Waals surface area contributed by atoms with Gasteiger partial charge in [0.15, 0.2) is 0 Å². The van der Waals surface area contributed by atoms with Gasteiger partial charge < -0.3 is 5.11 Å². The number of aromatic nitrogens is 1. The number of piperidine rings is 1. The first-order valence-electron chi connectivity index (χ1n) is 6.32. The lowest BCUT2D eigenvalue weighted by Crippen LogP contribution is -2.34. The number of carboxylic acid groups (broad SMARTS) is 1. The first-order chi connectivity index (χ1) is 9.19. The number of pyridine rings is 1. The topological polar surface area (TPSA) is 77.2 Å². The highest BCUT2D eigenvalue weighted by Gasteiger charge is 2.20. The van der Waals surface area contributed by atoms with Crippen LogP contribution in [0.25, 0.3) is 0 Å². The smallest absolute Gasteiger partial charge is 0.354 e. The van der Waals surface area contributed by atoms with Crippen LogP contribution in [0.4, 0.5) is 0 Å². The predicted octanol–water partition coefficient (Wildman–Crippen LogP) is 1.35. The molecule has 0 aliphatic carbocycles. The molecule has 1 fully saturated rings. The summed E-state index contributed by atoms with van der Waals surface area (Å²) in [5, 5.41) is 17.6. The Labute approximate surface area is 113 Å². The van der Waals surface area contributed by atoms with Gasteiger partial charge in [-0.1, -0.05) is 6.42 Å². The molecule has 2 rings (SSSR count). The van der Waals surface area contributed by atoms with Crippen LogP contribution in [-0.4, -0.2) is 41.3 Å². The lowest BCUT2D eigenvalue weighted by atomic mass is 9.63. The molecule has 6 heteroatoms. The van der Waals surface area contributed by atoms with Crippen LogP contribution in [0.15, 0.2) is 18.3 Å². The van der Waals surface area contributed by atoms with Gasteiger partial charge in [-0.15, -0.1) is 0 Å². The van der Waals surface area contributed by atoms with E-state index < -0.39 is 5.97 Å². The normalized spacial score (nSPS) is 19.6. The highest BCUT2D eigenvalue weighted by Crippen LogP contribution is 2.22. The Morgan fingerprint density at radius 2 is 2.53 bits per heavy atom. The van der Waals surface area contributed by atoms with E-state index in [9.17, 15) is 4.79 Å². The van der Waals surface area contributed by atoms with E-state index in [0.717, 1.165) is 31.5 Å². The van der Waals surface area contributed by atoms with Crippen LogP contribution in [0.5, 0.6) is 0 Å². The van der Waals surface area contributed by atoms with Gasteiger partial charge in [0.1, 0.15) is 5.69 Å². The molecule has 97 valence electrons. The molecular formula is C13H15BN3O2. The van der Waals surface area contributed by atoms with Crippen LogP contribution < -0.4 is 0 Å². The molecule has 0 amide bonds. The standard InChI is InChI=1S/C13H15BN3O2/c15-9-14-11-2-1-5-17(8-11)7-10-3-4-16-12(6-10)13(18)19/h3-4,6,11H,1-2,5,7-8H2,(H,18,19). The second kappa shape index (κ2) is 6.35. The quantitative estimate of drug-likeness (QED) is 0.822. The summed E-state index contributed by atoms with van der Waals surface area (Å²) in [5.74, 6) is 1.42. The van der Waals surface area contributed by atoms with E-state index in [-0.39, 0.29) is 5.69 Å². The molecule has 1 N–H and O–H groups in total. The van der Waals surface area contributed by atoms with Gasteiger partial charge in [-0.25, -0.2) is 15.0 Å². The average molecular weight is 256 g/mol. The monoisotopic (exact) mass is 256 g/mol. The summed E-state index contributed by atoms with van der Waals surface area (Å²) in [7, 11) is 1.70. The van der Waals surface area contributed by atoms with Gasteiger partial charge in [0, 0.05) is 12.7 Å². The van der Waals surface area contributed by atoms with Crippen molar-refractivity contribution in [1.29, 1.82) is 5.26 Å². The number of nitriles is 1. The van der Waals surface area contributed by atoms with Crippen LogP contribution in [0.2, 0.25) is 5.82 Å². The Morgan fingerprint density at radius 1 is 1.68 bits per heavy atom. The van der Waals surface area contributed by atoms with Crippen molar-refractivity contribution in [3.63, 3.8) is 0 Å². The molecule has 1 aliphatic rings. The average Bonchev–Trinajstić information content (AvgIpc) is 2.40. The molecule has 0 saturated carbocycles. The summed E-state index contributed by atoms with van der Waals surface area (Å²) >= 11 is 0. The van der Waals surface area contributed by atoms with Crippen molar-refractivity contribution in [2.24, 2.45) is 0 Å². The molecular weight excluding hydrogens is 241 g/mol. The summed E-state index contributed by atoms with van der Waals surface area (Å²) in [6.07, 6.45) is 3.65. The van der Waals surface area contributed by atoms with Crippen molar-refractivity contribution in [2.45, 2.75) is 25.2 Å². The van der Waals surface area contributed by atoms with Crippen LogP contribution in [0, 0.1) is 11.2 Å². The van der Waals surface area contributed by atoms with Gasteiger partial charge in [0.2, 0.25) is 0 Å². The summed E-state index contributed by atoms with van der Waals surface area (Å²) in [6.45, 7) is 2.55. The number of hydrogen-bond acceptors (Lipinski definition) is 4. The number of carbonyl (C=O) groups is 1. The third-order valence-electron chi connectivity index (χ3n) is 3.30. The van der Waals surface area contributed by atoms with Gasteiger partial charge >= 0.3 is 5.97 Å². The third kappa shape index (κ3) is 3.80. The minimum absolute atomic E-state index is 0.0784. The molecule has 1 saturated heterocycles. The Kier molecular flexibility index (Phi) is 4.53. The Hall–Kier alpha value is -1.87. The Morgan fingerprint density at radius 3 is 3.26 bits per heavy atom. The summed E-state index contributed by atoms with van der Waals surface area (Å²) < 4.78 is 0. The second-order valence-corrected chi connectivity index (χ2v) is 4.79. The van der Waals surface area contributed by atoms with Crippen molar-refractivity contribution in [1.82, 2.24) is 9.88 Å². The molecule has 0 spiro atoms. The van der Waals surface area contributed by atoms with E-state index in [1.54, 1.807) is 13.3 Å². The van der Waals surface area contributed by atoms with Crippen LogP contribution in [0.3, 0.4) is 0 Å². The number of carboxylic acids is 1. The SMILES string of the molecule is N#C[B]C1CCCN(Cc2ccnc(C(=O)O)c2)C1. The van der Waals surface area contributed by atoms with Crippen molar-refractivity contribution in [2.75, 3.05) is 13.1 Å². The minimum atomic E-state index is -1.00. The van der Waals surface area contributed by atoms with Crippen LogP contribution in [0.1, 0.15) is 28.9 Å². The molecule has 1 aliphatic heterocycles. The first-order valence-corrected chi connectivity index (χ1v) is 6.32. The second-order valence-electron chi connectivity index (χ2n) is 4.79. The Balaban J connectivity index is 1.99. The fourth-order valence-electron chi connectivity index (χ4n) is 2.42. The molecule has 0 bridgehead atoms. The Bertz CT molecular complexity index is 501. The van der Waals surface area contributed by atoms with Gasteiger partial charge in [-0.05, 0) is 49.0 Å². The molecule has 1 unspecified atom stereocenters. The van der Waals surface area contributed by atoms with Crippen molar-refractivity contribution in [3.8, 4) is 5.97 Å². The van der Waals surface area contributed by atoms with Crippen molar-refractivity contribution < 1.29 is 9.90 Å². The van der Waals surface area contributed by atoms with Gasteiger partial charge in [-0.2, -0.15) is 0 Å². The molecule has 1 atom stereocenters. The summed E-state index contributed by atoms with van der Waals surface area (Å²) in [6, 6.07) is 3.45. The summed E-state index contributed by atoms with van der Waals surface area (Å²) in [5.41, 5.74) is 1.03. The summed E-state index contributed by atoms with van der Waals surface area (Å²) in [4.78, 5) is 16.9. The van der Waals surface area contributed by atoms with Crippen molar-refractivity contribution in [3.05, 3.63) is 29.6 Å². The molecule has 2 heterocycles. The van der Waals surface area contributed by atoms with E-state index in [2.05, 4.69) is 15.9 Å². The zero-order valence-corrected chi connectivity index (χ0v) is 10.6. The number of rotatable bonds is 4. The molecule has 1 radical (unpaired) electrons. The molecule has 1 aromatic heterocycles. The van der Waals surface area contributed by atoms with Gasteiger partial charge in [0.25, 0.3) is 7.28 Å². The van der Waals surface area contributed by atoms with Gasteiger partial charge in [-0.3, -0.25) is 4.90 Å². The van der Waals surface area contributed by atoms with E-state index >= 15 is 0 Å². The highest BCUT2D eigenvalue weighted by atomic mass is 16.4. The zero-order chi connectivity index (χ0) is 13.7. The zero-order valence-electron chi connectivity index (χ0n) is 10.6. The molecule has 1 aromatic rings. The third-order valence-corrected chi connectivity index (χ3v) is 3.30. The van der Waals surface area contributed by atoms with E-state index in [0.29, 0.717) is 12.4 Å². The molecule has 0 aromatic carbocycles. The van der Waals surface area contributed by atoms with Crippen molar-refractivity contribution >= 4 is 13.2 Å². The lowest BCUT2D eigenvalue weighted by molar-refractivity contribution is 0.0690. The number of hydrogen-bond donors (Lipinski definition) is 1. The highest BCUT2D eigenvalue weighted by molar-refractivity contribution is 6.47. The number of aromatic carboxylic acids is 1.